The molecule has 1 aromatic carbocycles. The first-order valence-electron chi connectivity index (χ1n) is 12.6. The molecule has 0 saturated carbocycles. The zero-order valence-electron chi connectivity index (χ0n) is 20.5. The third-order valence-corrected chi connectivity index (χ3v) is 7.72. The quantitative estimate of drug-likeness (QED) is 0.592. The van der Waals surface area contributed by atoms with Crippen LogP contribution in [0.5, 0.6) is 0 Å². The molecule has 0 spiro atoms. The number of rotatable bonds is 5. The second kappa shape index (κ2) is 9.59. The van der Waals surface area contributed by atoms with Gasteiger partial charge in [0.1, 0.15) is 6.07 Å². The van der Waals surface area contributed by atoms with E-state index in [-0.39, 0.29) is 29.5 Å². The van der Waals surface area contributed by atoms with Gasteiger partial charge in [0.25, 0.3) is 0 Å². The van der Waals surface area contributed by atoms with Crippen molar-refractivity contribution >= 4 is 23.1 Å². The van der Waals surface area contributed by atoms with Gasteiger partial charge in [0, 0.05) is 36.4 Å². The molecule has 0 amide bonds. The maximum Gasteiger partial charge on any atom is 0.229 e. The second-order valence-electron chi connectivity index (χ2n) is 10.7. The fourth-order valence-electron chi connectivity index (χ4n) is 6.06. The lowest BCUT2D eigenvalue weighted by Crippen LogP contribution is -2.55. The van der Waals surface area contributed by atoms with Gasteiger partial charge in [-0.2, -0.15) is 10.2 Å². The molecule has 4 heterocycles. The molecule has 0 bridgehead atoms. The molecule has 5 rings (SSSR count). The first-order chi connectivity index (χ1) is 16.8. The third kappa shape index (κ3) is 5.04. The minimum Gasteiger partial charge on any atom is -0.393 e. The fraction of sp³-hybridized carbons (Fsp3) is 0.577. The number of anilines is 4. The van der Waals surface area contributed by atoms with Gasteiger partial charge in [-0.1, -0.05) is 0 Å². The Hall–Kier alpha value is -2.96. The lowest BCUT2D eigenvalue weighted by molar-refractivity contribution is 0.0500. The predicted molar refractivity (Wildman–Crippen MR) is 134 cm³/mol. The summed E-state index contributed by atoms with van der Waals surface area (Å²) in [7, 11) is 0. The van der Waals surface area contributed by atoms with Crippen LogP contribution in [0.4, 0.5) is 27.5 Å². The van der Waals surface area contributed by atoms with E-state index in [4.69, 9.17) is 0 Å². The molecule has 0 aliphatic carbocycles. The number of nitriles is 1. The number of piperidine rings is 2. The van der Waals surface area contributed by atoms with Gasteiger partial charge in [0.15, 0.2) is 11.6 Å². The van der Waals surface area contributed by atoms with Crippen LogP contribution in [-0.2, 0) is 0 Å². The molecule has 3 N–H and O–H groups in total. The molecule has 8 nitrogen and oxygen atoms in total. The first kappa shape index (κ1) is 23.8. The van der Waals surface area contributed by atoms with E-state index < -0.39 is 5.82 Å². The number of fused-ring (bicyclic) bond motifs is 1. The molecule has 35 heavy (non-hydrogen) atoms. The van der Waals surface area contributed by atoms with Gasteiger partial charge in [-0.05, 0) is 77.1 Å². The van der Waals surface area contributed by atoms with E-state index in [2.05, 4.69) is 50.3 Å². The largest absolute Gasteiger partial charge is 0.393 e. The topological polar surface area (TPSA) is 100 Å². The van der Waals surface area contributed by atoms with E-state index in [1.807, 2.05) is 12.1 Å². The number of hydrogen-bond acceptors (Lipinski definition) is 8. The van der Waals surface area contributed by atoms with Crippen LogP contribution in [-0.4, -0.2) is 63.3 Å². The van der Waals surface area contributed by atoms with Crippen LogP contribution in [0, 0.1) is 17.1 Å². The van der Waals surface area contributed by atoms with Crippen LogP contribution in [0.2, 0.25) is 0 Å². The van der Waals surface area contributed by atoms with Gasteiger partial charge in [-0.25, -0.2) is 9.37 Å². The molecule has 3 aliphatic rings. The maximum absolute atomic E-state index is 14.6. The van der Waals surface area contributed by atoms with Crippen molar-refractivity contribution in [1.82, 2.24) is 14.9 Å². The molecule has 1 aromatic heterocycles. The van der Waals surface area contributed by atoms with E-state index in [1.54, 1.807) is 6.07 Å². The van der Waals surface area contributed by atoms with Gasteiger partial charge in [-0.3, -0.25) is 4.90 Å². The minimum absolute atomic E-state index is 0.0730. The highest BCUT2D eigenvalue weighted by Gasteiger charge is 2.43. The Kier molecular flexibility index (Phi) is 6.51. The Bertz CT molecular complexity index is 1110. The number of aliphatic hydroxyl groups is 1. The summed E-state index contributed by atoms with van der Waals surface area (Å²) < 4.78 is 14.6. The van der Waals surface area contributed by atoms with Gasteiger partial charge in [0.2, 0.25) is 5.95 Å². The van der Waals surface area contributed by atoms with Gasteiger partial charge in [-0.15, -0.1) is 0 Å². The van der Waals surface area contributed by atoms with Gasteiger partial charge >= 0.3 is 0 Å². The van der Waals surface area contributed by atoms with E-state index in [9.17, 15) is 14.8 Å². The average Bonchev–Trinajstić information content (AvgIpc) is 3.31. The third-order valence-electron chi connectivity index (χ3n) is 7.72. The lowest BCUT2D eigenvalue weighted by Gasteiger charge is -2.47. The summed E-state index contributed by atoms with van der Waals surface area (Å²) in [5.41, 5.74) is 2.13. The van der Waals surface area contributed by atoms with Crippen molar-refractivity contribution in [3.05, 3.63) is 35.8 Å². The van der Waals surface area contributed by atoms with Crippen LogP contribution in [0.1, 0.15) is 57.9 Å². The molecular weight excluding hydrogens is 445 g/mol. The lowest BCUT2D eigenvalue weighted by atomic mass is 9.84. The summed E-state index contributed by atoms with van der Waals surface area (Å²) in [6.07, 6.45) is 6.63. The van der Waals surface area contributed by atoms with Crippen molar-refractivity contribution in [2.45, 2.75) is 76.1 Å². The Balaban J connectivity index is 1.30. The molecule has 3 aliphatic heterocycles. The molecular formula is C26H34FN7O. The zero-order valence-corrected chi connectivity index (χ0v) is 20.5. The SMILES string of the molecule is CC1(C)CC(Nc2nc(Nc3ccc(N4CCC(O)CC4)c(C#N)c3)ncc2F)CC2CCCN21. The van der Waals surface area contributed by atoms with Crippen LogP contribution < -0.4 is 15.5 Å². The predicted octanol–water partition coefficient (Wildman–Crippen LogP) is 4.01. The summed E-state index contributed by atoms with van der Waals surface area (Å²) >= 11 is 0. The van der Waals surface area contributed by atoms with E-state index >= 15 is 0 Å². The molecule has 2 aromatic rings. The molecule has 3 saturated heterocycles. The van der Waals surface area contributed by atoms with E-state index in [0.29, 0.717) is 30.1 Å². The number of aromatic nitrogens is 2. The number of nitrogens with zero attached hydrogens (tertiary/aromatic N) is 5. The maximum atomic E-state index is 14.6. The molecule has 2 atom stereocenters. The summed E-state index contributed by atoms with van der Waals surface area (Å²) in [5.74, 6) is 0.0190. The monoisotopic (exact) mass is 479 g/mol. The van der Waals surface area contributed by atoms with Crippen LogP contribution in [0.15, 0.2) is 24.4 Å². The summed E-state index contributed by atoms with van der Waals surface area (Å²) in [4.78, 5) is 13.3. The summed E-state index contributed by atoms with van der Waals surface area (Å²) in [6.45, 7) is 7.12. The van der Waals surface area contributed by atoms with Crippen molar-refractivity contribution in [3.8, 4) is 6.07 Å². The highest BCUT2D eigenvalue weighted by atomic mass is 19.1. The Morgan fingerprint density at radius 3 is 2.77 bits per heavy atom. The highest BCUT2D eigenvalue weighted by Crippen LogP contribution is 2.38. The Morgan fingerprint density at radius 1 is 1.20 bits per heavy atom. The fourth-order valence-corrected chi connectivity index (χ4v) is 6.06. The van der Waals surface area contributed by atoms with Crippen LogP contribution >= 0.6 is 0 Å². The summed E-state index contributed by atoms with van der Waals surface area (Å²) in [6, 6.07) is 8.49. The Labute approximate surface area is 206 Å². The standard InChI is InChI=1S/C26H34FN7O/c1-26(2)14-19(13-20-4-3-9-34(20)26)30-24-22(27)16-29-25(32-24)31-18-5-6-23(17(12-18)15-28)33-10-7-21(35)8-11-33/h5-6,12,16,19-21,35H,3-4,7-11,13-14H2,1-2H3,(H2,29,30,31,32). The molecule has 2 unspecified atom stereocenters. The van der Waals surface area contributed by atoms with Gasteiger partial charge in [0.05, 0.1) is 23.6 Å². The van der Waals surface area contributed by atoms with Crippen molar-refractivity contribution in [3.63, 3.8) is 0 Å². The van der Waals surface area contributed by atoms with Crippen molar-refractivity contribution in [2.75, 3.05) is 35.2 Å². The van der Waals surface area contributed by atoms with Crippen molar-refractivity contribution in [1.29, 1.82) is 5.26 Å². The van der Waals surface area contributed by atoms with Crippen molar-refractivity contribution in [2.24, 2.45) is 0 Å². The Morgan fingerprint density at radius 2 is 2.00 bits per heavy atom. The minimum atomic E-state index is -0.470. The molecule has 9 heteroatoms. The molecule has 3 fully saturated rings. The van der Waals surface area contributed by atoms with E-state index in [0.717, 1.165) is 38.2 Å². The number of hydrogen-bond donors (Lipinski definition) is 3. The van der Waals surface area contributed by atoms with Gasteiger partial charge < -0.3 is 20.6 Å². The number of nitrogens with one attached hydrogen (secondary N) is 2. The van der Waals surface area contributed by atoms with Crippen molar-refractivity contribution < 1.29 is 9.50 Å². The normalized spacial score (nSPS) is 24.6. The molecule has 186 valence electrons. The second-order valence-corrected chi connectivity index (χ2v) is 10.7. The molecule has 0 radical (unpaired) electrons. The average molecular weight is 480 g/mol. The summed E-state index contributed by atoms with van der Waals surface area (Å²) in [5, 5.41) is 26.0. The van der Waals surface area contributed by atoms with Crippen LogP contribution in [0.3, 0.4) is 0 Å². The van der Waals surface area contributed by atoms with E-state index in [1.165, 1.54) is 19.0 Å². The van der Waals surface area contributed by atoms with Crippen LogP contribution in [0.25, 0.3) is 0 Å². The number of halogens is 1. The first-order valence-corrected chi connectivity index (χ1v) is 12.6. The smallest absolute Gasteiger partial charge is 0.229 e. The number of benzene rings is 1. The highest BCUT2D eigenvalue weighted by molar-refractivity contribution is 5.68. The zero-order chi connectivity index (χ0) is 24.6. The number of aliphatic hydroxyl groups excluding tert-OH is 1.